The van der Waals surface area contributed by atoms with E-state index in [9.17, 15) is 4.79 Å². The third-order valence-electron chi connectivity index (χ3n) is 3.92. The molecular weight excluding hydrogens is 296 g/mol. The average Bonchev–Trinajstić information content (AvgIpc) is 3.04. The topological polar surface area (TPSA) is 41.6 Å². The number of nitrogens with one attached hydrogen (secondary N) is 1. The standard InChI is InChI=1S/C14H20N2O2S.ClH/c1-15-8-11-3-2-5-16(11)14(17)13-7-10-9-18-6-4-12(10)19-13;/h7,11,15H,2-6,8-9H2,1H3;1H. The maximum atomic E-state index is 12.6. The van der Waals surface area contributed by atoms with Crippen LogP contribution in [0.5, 0.6) is 0 Å². The zero-order chi connectivity index (χ0) is 13.2. The van der Waals surface area contributed by atoms with Gasteiger partial charge in [-0.15, -0.1) is 23.7 Å². The maximum Gasteiger partial charge on any atom is 0.264 e. The molecule has 1 unspecified atom stereocenters. The molecule has 0 spiro atoms. The summed E-state index contributed by atoms with van der Waals surface area (Å²) in [6, 6.07) is 2.39. The van der Waals surface area contributed by atoms with Gasteiger partial charge in [-0.05, 0) is 31.5 Å². The first-order chi connectivity index (χ1) is 9.29. The van der Waals surface area contributed by atoms with Crippen LogP contribution in [-0.2, 0) is 17.8 Å². The lowest BCUT2D eigenvalue weighted by molar-refractivity contribution is 0.0741. The molecule has 1 aromatic rings. The fourth-order valence-corrected chi connectivity index (χ4v) is 4.05. The number of ether oxygens (including phenoxy) is 1. The molecule has 3 rings (SSSR count). The quantitative estimate of drug-likeness (QED) is 0.928. The van der Waals surface area contributed by atoms with Crippen LogP contribution in [0.25, 0.3) is 0 Å². The number of rotatable bonds is 3. The Morgan fingerprint density at radius 1 is 1.60 bits per heavy atom. The highest BCUT2D eigenvalue weighted by atomic mass is 35.5. The minimum Gasteiger partial charge on any atom is -0.376 e. The predicted molar refractivity (Wildman–Crippen MR) is 82.9 cm³/mol. The number of fused-ring (bicyclic) bond motifs is 1. The number of likely N-dealkylation sites (tertiary alicyclic amines) is 1. The van der Waals surface area contributed by atoms with E-state index in [-0.39, 0.29) is 18.3 Å². The number of likely N-dealkylation sites (N-methyl/N-ethyl adjacent to an activating group) is 1. The van der Waals surface area contributed by atoms with Crippen molar-refractivity contribution in [2.24, 2.45) is 0 Å². The predicted octanol–water partition coefficient (Wildman–Crippen LogP) is 2.07. The minimum atomic E-state index is 0. The van der Waals surface area contributed by atoms with Gasteiger partial charge in [0.05, 0.1) is 18.1 Å². The lowest BCUT2D eigenvalue weighted by Gasteiger charge is -2.23. The SMILES string of the molecule is CNCC1CCCN1C(=O)c1cc2c(s1)CCOC2.Cl. The summed E-state index contributed by atoms with van der Waals surface area (Å²) in [5.74, 6) is 0.206. The molecule has 2 aliphatic heterocycles. The van der Waals surface area contributed by atoms with E-state index >= 15 is 0 Å². The van der Waals surface area contributed by atoms with E-state index in [4.69, 9.17) is 4.74 Å². The van der Waals surface area contributed by atoms with Gasteiger partial charge in [0.25, 0.3) is 5.91 Å². The Balaban J connectivity index is 0.00000147. The zero-order valence-corrected chi connectivity index (χ0v) is 13.3. The summed E-state index contributed by atoms with van der Waals surface area (Å²) in [6.45, 7) is 3.23. The molecule has 0 bridgehead atoms. The van der Waals surface area contributed by atoms with Crippen molar-refractivity contribution in [1.29, 1.82) is 0 Å². The smallest absolute Gasteiger partial charge is 0.264 e. The number of nitrogens with zero attached hydrogens (tertiary/aromatic N) is 1. The van der Waals surface area contributed by atoms with Crippen LogP contribution in [0.4, 0.5) is 0 Å². The van der Waals surface area contributed by atoms with Gasteiger partial charge in [-0.2, -0.15) is 0 Å². The van der Waals surface area contributed by atoms with Crippen LogP contribution in [0.1, 0.15) is 33.0 Å². The Kier molecular flexibility index (Phi) is 5.43. The molecule has 6 heteroatoms. The third kappa shape index (κ3) is 3.01. The molecule has 20 heavy (non-hydrogen) atoms. The number of hydrogen-bond acceptors (Lipinski definition) is 4. The van der Waals surface area contributed by atoms with Gasteiger partial charge in [0.2, 0.25) is 0 Å². The van der Waals surface area contributed by atoms with Crippen molar-refractivity contribution in [1.82, 2.24) is 10.2 Å². The Morgan fingerprint density at radius 2 is 2.45 bits per heavy atom. The summed E-state index contributed by atoms with van der Waals surface area (Å²) >= 11 is 1.66. The van der Waals surface area contributed by atoms with Gasteiger partial charge in [0.15, 0.2) is 0 Å². The molecule has 1 fully saturated rings. The molecule has 1 aromatic heterocycles. The first-order valence-corrected chi connectivity index (χ1v) is 7.76. The number of carbonyl (C=O) groups is 1. The number of hydrogen-bond donors (Lipinski definition) is 1. The Labute approximate surface area is 129 Å². The van der Waals surface area contributed by atoms with Crippen molar-refractivity contribution in [2.45, 2.75) is 31.9 Å². The van der Waals surface area contributed by atoms with E-state index in [0.29, 0.717) is 12.6 Å². The summed E-state index contributed by atoms with van der Waals surface area (Å²) in [5, 5.41) is 3.18. The molecule has 0 saturated carbocycles. The van der Waals surface area contributed by atoms with Crippen molar-refractivity contribution in [3.8, 4) is 0 Å². The second kappa shape index (κ2) is 6.89. The summed E-state index contributed by atoms with van der Waals surface area (Å²) in [6.07, 6.45) is 3.18. The molecular formula is C14H21ClN2O2S. The van der Waals surface area contributed by atoms with E-state index in [1.807, 2.05) is 18.0 Å². The molecule has 3 heterocycles. The Morgan fingerprint density at radius 3 is 3.20 bits per heavy atom. The Hall–Kier alpha value is -0.620. The van der Waals surface area contributed by atoms with Gasteiger partial charge in [-0.3, -0.25) is 4.79 Å². The molecule has 0 aliphatic carbocycles. The fraction of sp³-hybridized carbons (Fsp3) is 0.643. The number of carbonyl (C=O) groups excluding carboxylic acids is 1. The zero-order valence-electron chi connectivity index (χ0n) is 11.7. The average molecular weight is 317 g/mol. The molecule has 1 N–H and O–H groups in total. The van der Waals surface area contributed by atoms with E-state index in [1.165, 1.54) is 10.4 Å². The molecule has 0 radical (unpaired) electrons. The summed E-state index contributed by atoms with van der Waals surface area (Å²) in [4.78, 5) is 16.9. The van der Waals surface area contributed by atoms with Crippen molar-refractivity contribution >= 4 is 29.7 Å². The lowest BCUT2D eigenvalue weighted by atomic mass is 10.2. The van der Waals surface area contributed by atoms with Crippen molar-refractivity contribution in [3.63, 3.8) is 0 Å². The highest BCUT2D eigenvalue weighted by Gasteiger charge is 2.30. The van der Waals surface area contributed by atoms with Crippen molar-refractivity contribution in [3.05, 3.63) is 21.4 Å². The highest BCUT2D eigenvalue weighted by molar-refractivity contribution is 7.14. The second-order valence-corrected chi connectivity index (χ2v) is 6.35. The summed E-state index contributed by atoms with van der Waals surface area (Å²) in [5.41, 5.74) is 1.21. The molecule has 1 amide bonds. The third-order valence-corrected chi connectivity index (χ3v) is 5.14. The number of amides is 1. The summed E-state index contributed by atoms with van der Waals surface area (Å²) in [7, 11) is 1.95. The van der Waals surface area contributed by atoms with Crippen LogP contribution in [0, 0.1) is 0 Å². The summed E-state index contributed by atoms with van der Waals surface area (Å²) < 4.78 is 5.45. The first kappa shape index (κ1) is 15.8. The van der Waals surface area contributed by atoms with Crippen molar-refractivity contribution < 1.29 is 9.53 Å². The van der Waals surface area contributed by atoms with Gasteiger partial charge in [0.1, 0.15) is 0 Å². The first-order valence-electron chi connectivity index (χ1n) is 6.94. The molecule has 1 atom stereocenters. The van der Waals surface area contributed by atoms with E-state index in [2.05, 4.69) is 5.32 Å². The van der Waals surface area contributed by atoms with Gasteiger partial charge in [0, 0.05) is 30.4 Å². The molecule has 1 saturated heterocycles. The number of thiophene rings is 1. The van der Waals surface area contributed by atoms with Gasteiger partial charge in [-0.1, -0.05) is 0 Å². The van der Waals surface area contributed by atoms with Gasteiger partial charge in [-0.25, -0.2) is 0 Å². The lowest BCUT2D eigenvalue weighted by Crippen LogP contribution is -2.40. The molecule has 4 nitrogen and oxygen atoms in total. The van der Waals surface area contributed by atoms with Crippen LogP contribution in [0.3, 0.4) is 0 Å². The van der Waals surface area contributed by atoms with Crippen LogP contribution in [-0.4, -0.2) is 43.6 Å². The van der Waals surface area contributed by atoms with Gasteiger partial charge >= 0.3 is 0 Å². The van der Waals surface area contributed by atoms with E-state index < -0.39 is 0 Å². The van der Waals surface area contributed by atoms with Crippen LogP contribution in [0.15, 0.2) is 6.07 Å². The van der Waals surface area contributed by atoms with Gasteiger partial charge < -0.3 is 15.0 Å². The maximum absolute atomic E-state index is 12.6. The van der Waals surface area contributed by atoms with E-state index in [1.54, 1.807) is 11.3 Å². The largest absolute Gasteiger partial charge is 0.376 e. The fourth-order valence-electron chi connectivity index (χ4n) is 2.95. The normalized spacial score (nSPS) is 21.4. The monoisotopic (exact) mass is 316 g/mol. The van der Waals surface area contributed by atoms with Crippen LogP contribution in [0.2, 0.25) is 0 Å². The minimum absolute atomic E-state index is 0. The second-order valence-electron chi connectivity index (χ2n) is 5.21. The van der Waals surface area contributed by atoms with Crippen molar-refractivity contribution in [2.75, 3.05) is 26.7 Å². The molecule has 2 aliphatic rings. The van der Waals surface area contributed by atoms with Crippen LogP contribution >= 0.6 is 23.7 Å². The molecule has 112 valence electrons. The highest BCUT2D eigenvalue weighted by Crippen LogP contribution is 2.29. The van der Waals surface area contributed by atoms with Crippen LogP contribution < -0.4 is 5.32 Å². The molecule has 0 aromatic carbocycles. The Bertz CT molecular complexity index is 454. The number of halogens is 1. The van der Waals surface area contributed by atoms with E-state index in [0.717, 1.165) is 43.8 Å².